The van der Waals surface area contributed by atoms with Crippen molar-refractivity contribution in [2.45, 2.75) is 32.6 Å². The van der Waals surface area contributed by atoms with Crippen LogP contribution in [0.4, 0.5) is 5.69 Å². The van der Waals surface area contributed by atoms with Crippen LogP contribution in [-0.2, 0) is 22.4 Å². The lowest BCUT2D eigenvalue weighted by molar-refractivity contribution is -0.126. The van der Waals surface area contributed by atoms with Crippen molar-refractivity contribution in [3.05, 3.63) is 65.7 Å². The zero-order valence-corrected chi connectivity index (χ0v) is 16.8. The van der Waals surface area contributed by atoms with E-state index in [1.165, 1.54) is 18.4 Å². The van der Waals surface area contributed by atoms with Gasteiger partial charge in [-0.3, -0.25) is 20.4 Å². The molecule has 0 saturated heterocycles. The number of thiocarbonyl (C=S) groups is 1. The van der Waals surface area contributed by atoms with Crippen molar-refractivity contribution in [3.63, 3.8) is 0 Å². The van der Waals surface area contributed by atoms with E-state index >= 15 is 0 Å². The van der Waals surface area contributed by atoms with Crippen molar-refractivity contribution < 1.29 is 9.59 Å². The van der Waals surface area contributed by atoms with Gasteiger partial charge in [0.1, 0.15) is 0 Å². The average Bonchev–Trinajstić information content (AvgIpc) is 2.71. The van der Waals surface area contributed by atoms with E-state index in [0.717, 1.165) is 17.7 Å². The molecule has 0 saturated carbocycles. The molecule has 0 bridgehead atoms. The van der Waals surface area contributed by atoms with Gasteiger partial charge >= 0.3 is 0 Å². The molecule has 6 nitrogen and oxygen atoms in total. The molecule has 0 fully saturated rings. The van der Waals surface area contributed by atoms with Gasteiger partial charge in [0.15, 0.2) is 5.11 Å². The van der Waals surface area contributed by atoms with Crippen LogP contribution in [0, 0.1) is 0 Å². The summed E-state index contributed by atoms with van der Waals surface area (Å²) in [5.41, 5.74) is 8.09. The second kappa shape index (κ2) is 11.7. The maximum atomic E-state index is 11.8. The van der Waals surface area contributed by atoms with Crippen LogP contribution in [-0.4, -0.2) is 23.5 Å². The maximum Gasteiger partial charge on any atom is 0.257 e. The summed E-state index contributed by atoms with van der Waals surface area (Å²) in [5.74, 6) is -0.606. The van der Waals surface area contributed by atoms with Crippen molar-refractivity contribution in [2.24, 2.45) is 0 Å². The summed E-state index contributed by atoms with van der Waals surface area (Å²) >= 11 is 5.16. The fourth-order valence-electron chi connectivity index (χ4n) is 2.49. The van der Waals surface area contributed by atoms with Gasteiger partial charge in [0.05, 0.1) is 13.0 Å². The molecule has 0 aliphatic heterocycles. The molecule has 0 aliphatic carbocycles. The van der Waals surface area contributed by atoms with Crippen molar-refractivity contribution in [3.8, 4) is 0 Å². The average molecular weight is 399 g/mol. The van der Waals surface area contributed by atoms with Crippen LogP contribution >= 0.6 is 12.2 Å². The van der Waals surface area contributed by atoms with Crippen LogP contribution in [0.3, 0.4) is 0 Å². The first-order valence-electron chi connectivity index (χ1n) is 9.32. The van der Waals surface area contributed by atoms with Gasteiger partial charge in [-0.05, 0) is 48.3 Å². The zero-order chi connectivity index (χ0) is 20.2. The second-order valence-electron chi connectivity index (χ2n) is 6.37. The quantitative estimate of drug-likeness (QED) is 0.406. The third-order valence-corrected chi connectivity index (χ3v) is 4.20. The highest BCUT2D eigenvalue weighted by atomic mass is 32.1. The number of benzene rings is 2. The van der Waals surface area contributed by atoms with Gasteiger partial charge in [-0.2, -0.15) is 0 Å². The monoisotopic (exact) mass is 398 g/mol. The molecule has 2 amide bonds. The van der Waals surface area contributed by atoms with E-state index in [4.69, 9.17) is 12.2 Å². The van der Waals surface area contributed by atoms with Crippen molar-refractivity contribution >= 4 is 34.8 Å². The number of amides is 2. The normalized spacial score (nSPS) is 10.0. The van der Waals surface area contributed by atoms with Crippen LogP contribution in [0.25, 0.3) is 0 Å². The Morgan fingerprint density at radius 2 is 1.61 bits per heavy atom. The molecule has 0 radical (unpaired) electrons. The highest BCUT2D eigenvalue weighted by Crippen LogP contribution is 2.11. The number of carbonyl (C=O) groups is 2. The smallest absolute Gasteiger partial charge is 0.257 e. The fourth-order valence-corrected chi connectivity index (χ4v) is 2.66. The number of aryl methyl sites for hydroxylation is 1. The number of hydrogen-bond acceptors (Lipinski definition) is 3. The Labute approximate surface area is 171 Å². The number of rotatable bonds is 8. The number of anilines is 1. The molecule has 28 heavy (non-hydrogen) atoms. The number of hydrogen-bond donors (Lipinski definition) is 4. The summed E-state index contributed by atoms with van der Waals surface area (Å²) in [6.07, 6.45) is 3.63. The van der Waals surface area contributed by atoms with Crippen molar-refractivity contribution in [2.75, 3.05) is 11.9 Å². The minimum atomic E-state index is -0.388. The van der Waals surface area contributed by atoms with Gasteiger partial charge in [-0.15, -0.1) is 0 Å². The van der Waals surface area contributed by atoms with E-state index in [1.54, 1.807) is 0 Å². The Morgan fingerprint density at radius 1 is 0.893 bits per heavy atom. The molecule has 0 atom stereocenters. The Morgan fingerprint density at radius 3 is 2.29 bits per heavy atom. The summed E-state index contributed by atoms with van der Waals surface area (Å²) in [6, 6.07) is 17.4. The Kier molecular flexibility index (Phi) is 8.94. The van der Waals surface area contributed by atoms with E-state index < -0.39 is 0 Å². The molecule has 0 unspecified atom stereocenters. The number of nitrogens with one attached hydrogen (secondary N) is 4. The number of carbonyl (C=O) groups excluding carboxylic acids is 2. The molecule has 2 aromatic carbocycles. The largest absolute Gasteiger partial charge is 0.347 e. The molecule has 4 N–H and O–H groups in total. The Hall–Kier alpha value is -2.93. The molecule has 0 aromatic heterocycles. The van der Waals surface area contributed by atoms with Crippen LogP contribution in [0.15, 0.2) is 54.6 Å². The molecule has 0 heterocycles. The van der Waals surface area contributed by atoms with Gasteiger partial charge in [-0.25, -0.2) is 0 Å². The van der Waals surface area contributed by atoms with Gasteiger partial charge in [-0.1, -0.05) is 55.8 Å². The highest BCUT2D eigenvalue weighted by Gasteiger charge is 2.07. The third kappa shape index (κ3) is 8.18. The fraction of sp³-hybridized carbons (Fsp3) is 0.286. The van der Waals surface area contributed by atoms with Crippen LogP contribution in [0.1, 0.15) is 30.9 Å². The Balaban J connectivity index is 1.65. The first kappa shape index (κ1) is 21.4. The summed E-state index contributed by atoms with van der Waals surface area (Å²) < 4.78 is 0. The predicted octanol–water partition coefficient (Wildman–Crippen LogP) is 2.71. The lowest BCUT2D eigenvalue weighted by Crippen LogP contribution is -2.47. The summed E-state index contributed by atoms with van der Waals surface area (Å²) in [5, 5.41) is 5.84. The summed E-state index contributed by atoms with van der Waals surface area (Å²) in [7, 11) is 0. The number of hydrazine groups is 1. The van der Waals surface area contributed by atoms with E-state index in [2.05, 4.69) is 40.5 Å². The molecule has 0 aliphatic rings. The Bertz CT molecular complexity index is 779. The topological polar surface area (TPSA) is 82.3 Å². The standard InChI is InChI=1S/C21H26N4O2S/c1-2-3-7-16-10-12-18(13-11-16)23-21(28)25-24-20(27)15-22-19(26)14-17-8-5-4-6-9-17/h4-6,8-13H,2-3,7,14-15H2,1H3,(H,22,26)(H,24,27)(H2,23,25,28). The van der Waals surface area contributed by atoms with Gasteiger partial charge in [0.25, 0.3) is 5.91 Å². The lowest BCUT2D eigenvalue weighted by atomic mass is 10.1. The van der Waals surface area contributed by atoms with E-state index in [0.29, 0.717) is 0 Å². The lowest BCUT2D eigenvalue weighted by Gasteiger charge is -2.12. The molecule has 148 valence electrons. The van der Waals surface area contributed by atoms with Gasteiger partial charge in [0, 0.05) is 5.69 Å². The molecular formula is C21H26N4O2S. The first-order chi connectivity index (χ1) is 13.6. The van der Waals surface area contributed by atoms with E-state index in [9.17, 15) is 9.59 Å². The third-order valence-electron chi connectivity index (χ3n) is 4.00. The van der Waals surface area contributed by atoms with Crippen molar-refractivity contribution in [1.82, 2.24) is 16.2 Å². The van der Waals surface area contributed by atoms with E-state index in [1.807, 2.05) is 42.5 Å². The first-order valence-corrected chi connectivity index (χ1v) is 9.73. The van der Waals surface area contributed by atoms with Crippen LogP contribution < -0.4 is 21.5 Å². The highest BCUT2D eigenvalue weighted by molar-refractivity contribution is 7.80. The second-order valence-corrected chi connectivity index (χ2v) is 6.78. The molecular weight excluding hydrogens is 372 g/mol. The van der Waals surface area contributed by atoms with Crippen LogP contribution in [0.2, 0.25) is 0 Å². The molecule has 2 aromatic rings. The molecule has 0 spiro atoms. The van der Waals surface area contributed by atoms with Crippen LogP contribution in [0.5, 0.6) is 0 Å². The predicted molar refractivity (Wildman–Crippen MR) is 116 cm³/mol. The number of unbranched alkanes of at least 4 members (excludes halogenated alkanes) is 1. The maximum absolute atomic E-state index is 11.8. The van der Waals surface area contributed by atoms with Crippen molar-refractivity contribution in [1.29, 1.82) is 0 Å². The minimum Gasteiger partial charge on any atom is -0.347 e. The minimum absolute atomic E-state index is 0.132. The van der Waals surface area contributed by atoms with Gasteiger partial charge < -0.3 is 10.6 Å². The molecule has 7 heteroatoms. The molecule has 2 rings (SSSR count). The summed E-state index contributed by atoms with van der Waals surface area (Å²) in [6.45, 7) is 2.04. The zero-order valence-electron chi connectivity index (χ0n) is 16.0. The summed E-state index contributed by atoms with van der Waals surface area (Å²) in [4.78, 5) is 23.7. The van der Waals surface area contributed by atoms with Gasteiger partial charge in [0.2, 0.25) is 5.91 Å². The van der Waals surface area contributed by atoms with E-state index in [-0.39, 0.29) is 29.9 Å². The SMILES string of the molecule is CCCCc1ccc(NC(=S)NNC(=O)CNC(=O)Cc2ccccc2)cc1.